The van der Waals surface area contributed by atoms with Crippen LogP contribution in [0.15, 0.2) is 18.5 Å². The quantitative estimate of drug-likeness (QED) is 0.0961. The molecule has 4 aliphatic rings. The maximum atomic E-state index is 13.0. The third kappa shape index (κ3) is 9.42. The Hall–Kier alpha value is -4.77. The number of aromatic nitrogens is 4. The molecule has 0 aromatic carbocycles. The van der Waals surface area contributed by atoms with E-state index in [1.807, 2.05) is 24.0 Å². The Labute approximate surface area is 334 Å². The van der Waals surface area contributed by atoms with E-state index in [0.29, 0.717) is 53.5 Å². The molecule has 56 heavy (non-hydrogen) atoms. The van der Waals surface area contributed by atoms with E-state index in [0.717, 1.165) is 79.5 Å². The summed E-state index contributed by atoms with van der Waals surface area (Å²) in [7, 11) is 1.95. The van der Waals surface area contributed by atoms with Crippen LogP contribution < -0.4 is 21.3 Å². The standard InChI is InChI=1S/C38H49ClN10O6S/c1-47-30(16-22-6-7-22)27(19-43-47)32-28(39)20-41-36(46-32)44-24-8-10-25(11-9-24)48(38(54)55)15-5-3-2-4-14-40-37(53)42-18-26-17-23-21-49(35(52)33(23)56-26)29-12-13-31(50)45-34(29)51/h17,19-20,22,24-25,29H,2-16,18,21H2,1H3,(H,54,55)(H2,40,42,53)(H,41,44,46)(H,45,50,51)/t24-,25-,29?. The molecular formula is C38H49ClN10O6S. The van der Waals surface area contributed by atoms with E-state index in [9.17, 15) is 29.1 Å². The minimum atomic E-state index is -0.893. The number of piperidine rings is 1. The summed E-state index contributed by atoms with van der Waals surface area (Å²) in [5.41, 5.74) is 3.58. The first kappa shape index (κ1) is 39.5. The number of imide groups is 1. The van der Waals surface area contributed by atoms with Crippen LogP contribution in [0.25, 0.3) is 11.3 Å². The van der Waals surface area contributed by atoms with Crippen LogP contribution in [0.5, 0.6) is 0 Å². The van der Waals surface area contributed by atoms with E-state index < -0.39 is 18.0 Å². The number of unbranched alkanes of at least 4 members (excludes halogenated alkanes) is 3. The van der Waals surface area contributed by atoms with E-state index in [1.165, 1.54) is 29.1 Å². The molecule has 1 saturated heterocycles. The predicted molar refractivity (Wildman–Crippen MR) is 209 cm³/mol. The van der Waals surface area contributed by atoms with Crippen molar-refractivity contribution in [3.63, 3.8) is 0 Å². The van der Waals surface area contributed by atoms with Gasteiger partial charge < -0.3 is 30.9 Å². The molecule has 300 valence electrons. The van der Waals surface area contributed by atoms with E-state index >= 15 is 0 Å². The van der Waals surface area contributed by atoms with Crippen molar-refractivity contribution in [3.05, 3.63) is 44.5 Å². The van der Waals surface area contributed by atoms with E-state index in [-0.39, 0.29) is 42.9 Å². The number of aryl methyl sites for hydroxylation is 1. The van der Waals surface area contributed by atoms with Gasteiger partial charge in [-0.25, -0.2) is 19.6 Å². The number of nitrogens with zero attached hydrogens (tertiary/aromatic N) is 6. The molecule has 16 nitrogen and oxygen atoms in total. The molecule has 7 rings (SSSR count). The van der Waals surface area contributed by atoms with Gasteiger partial charge in [0, 0.05) is 61.3 Å². The maximum absolute atomic E-state index is 13.0. The van der Waals surface area contributed by atoms with Crippen LogP contribution in [0.4, 0.5) is 15.5 Å². The van der Waals surface area contributed by atoms with Gasteiger partial charge in [-0.1, -0.05) is 24.4 Å². The number of urea groups is 1. The predicted octanol–water partition coefficient (Wildman–Crippen LogP) is 5.07. The van der Waals surface area contributed by atoms with Crippen molar-refractivity contribution in [2.24, 2.45) is 13.0 Å². The third-order valence-corrected chi connectivity index (χ3v) is 12.7. The van der Waals surface area contributed by atoms with Crippen LogP contribution in [0.2, 0.25) is 5.02 Å². The molecule has 2 saturated carbocycles. The first-order valence-corrected chi connectivity index (χ1v) is 20.8. The van der Waals surface area contributed by atoms with Crippen molar-refractivity contribution < 1.29 is 29.1 Å². The van der Waals surface area contributed by atoms with Crippen LogP contribution in [0, 0.1) is 5.92 Å². The molecule has 18 heteroatoms. The molecule has 3 aromatic rings. The number of rotatable bonds is 16. The number of thiophene rings is 1. The number of carbonyl (C=O) groups is 5. The first-order valence-electron chi connectivity index (χ1n) is 19.6. The highest BCUT2D eigenvalue weighted by Crippen LogP contribution is 2.37. The number of halogens is 1. The lowest BCUT2D eigenvalue weighted by molar-refractivity contribution is -0.136. The topological polar surface area (TPSA) is 204 Å². The number of hydrogen-bond acceptors (Lipinski definition) is 10. The van der Waals surface area contributed by atoms with Crippen LogP contribution >= 0.6 is 22.9 Å². The number of anilines is 1. The summed E-state index contributed by atoms with van der Waals surface area (Å²) in [6.45, 7) is 1.56. The third-order valence-electron chi connectivity index (χ3n) is 11.2. The summed E-state index contributed by atoms with van der Waals surface area (Å²) in [6.07, 6.45) is 12.9. The summed E-state index contributed by atoms with van der Waals surface area (Å²) in [6, 6.07) is 1.03. The minimum Gasteiger partial charge on any atom is -0.465 e. The van der Waals surface area contributed by atoms with Crippen molar-refractivity contribution in [3.8, 4) is 11.3 Å². The van der Waals surface area contributed by atoms with Crippen molar-refractivity contribution >= 4 is 58.7 Å². The average Bonchev–Trinajstić information content (AvgIpc) is 3.69. The summed E-state index contributed by atoms with van der Waals surface area (Å²) in [4.78, 5) is 75.0. The van der Waals surface area contributed by atoms with Gasteiger partial charge in [-0.3, -0.25) is 24.4 Å². The normalized spacial score (nSPS) is 20.8. The summed E-state index contributed by atoms with van der Waals surface area (Å²) in [5.74, 6) is 0.231. The number of hydrogen-bond donors (Lipinski definition) is 5. The van der Waals surface area contributed by atoms with Gasteiger partial charge in [-0.05, 0) is 81.8 Å². The molecule has 0 radical (unpaired) electrons. The minimum absolute atomic E-state index is 0.0371. The van der Waals surface area contributed by atoms with Crippen LogP contribution in [0.3, 0.4) is 0 Å². The first-order chi connectivity index (χ1) is 27.0. The van der Waals surface area contributed by atoms with E-state index in [1.54, 1.807) is 11.1 Å². The Morgan fingerprint density at radius 3 is 2.55 bits per heavy atom. The van der Waals surface area contributed by atoms with Gasteiger partial charge >= 0.3 is 12.1 Å². The molecule has 1 atom stereocenters. The van der Waals surface area contributed by atoms with E-state index in [4.69, 9.17) is 16.6 Å². The van der Waals surface area contributed by atoms with Crippen molar-refractivity contribution in [2.75, 3.05) is 18.4 Å². The summed E-state index contributed by atoms with van der Waals surface area (Å²) >= 11 is 7.86. The smallest absolute Gasteiger partial charge is 0.407 e. The number of amides is 6. The van der Waals surface area contributed by atoms with Gasteiger partial charge in [0.1, 0.15) is 6.04 Å². The lowest BCUT2D eigenvalue weighted by Gasteiger charge is -2.35. The zero-order chi connectivity index (χ0) is 39.3. The molecule has 3 aromatic heterocycles. The second-order valence-electron chi connectivity index (χ2n) is 15.3. The molecule has 5 heterocycles. The molecule has 2 aliphatic carbocycles. The number of carboxylic acid groups (broad SMARTS) is 1. The number of fused-ring (bicyclic) bond motifs is 1. The fourth-order valence-electron chi connectivity index (χ4n) is 7.95. The highest BCUT2D eigenvalue weighted by Gasteiger charge is 2.40. The molecule has 3 fully saturated rings. The highest BCUT2D eigenvalue weighted by atomic mass is 35.5. The number of nitrogens with one attached hydrogen (secondary N) is 4. The Morgan fingerprint density at radius 2 is 1.82 bits per heavy atom. The molecule has 5 N–H and O–H groups in total. The summed E-state index contributed by atoms with van der Waals surface area (Å²) in [5, 5.41) is 26.4. The zero-order valence-electron chi connectivity index (χ0n) is 31.5. The number of carbonyl (C=O) groups excluding carboxylic acids is 4. The van der Waals surface area contributed by atoms with Gasteiger partial charge in [0.05, 0.1) is 34.5 Å². The SMILES string of the molecule is Cn1ncc(-c2nc(N[C@H]3CC[C@H](N(CCCCCCNC(=O)NCc4cc5c(s4)C(=O)N(C4CCC(=O)NC4=O)C5)C(=O)O)CC3)ncc2Cl)c1CC1CC1. The van der Waals surface area contributed by atoms with Gasteiger partial charge in [0.2, 0.25) is 17.8 Å². The van der Waals surface area contributed by atoms with Gasteiger partial charge in [-0.15, -0.1) is 11.3 Å². The fourth-order valence-corrected chi connectivity index (χ4v) is 9.21. The summed E-state index contributed by atoms with van der Waals surface area (Å²) < 4.78 is 1.91. The van der Waals surface area contributed by atoms with Crippen LogP contribution in [-0.2, 0) is 36.1 Å². The lowest BCUT2D eigenvalue weighted by Crippen LogP contribution is -2.52. The van der Waals surface area contributed by atoms with Crippen LogP contribution in [0.1, 0.15) is 103 Å². The fraction of sp³-hybridized carbons (Fsp3) is 0.579. The van der Waals surface area contributed by atoms with E-state index in [2.05, 4.69) is 31.3 Å². The molecule has 6 amide bonds. The van der Waals surface area contributed by atoms with Gasteiger partial charge in [0.25, 0.3) is 5.91 Å². The highest BCUT2D eigenvalue weighted by molar-refractivity contribution is 7.14. The second kappa shape index (κ2) is 17.6. The average molecular weight is 809 g/mol. The Balaban J connectivity index is 0.771. The molecular weight excluding hydrogens is 760 g/mol. The van der Waals surface area contributed by atoms with Crippen molar-refractivity contribution in [1.82, 2.24) is 45.5 Å². The molecule has 0 spiro atoms. The molecule has 1 unspecified atom stereocenters. The maximum Gasteiger partial charge on any atom is 0.407 e. The zero-order valence-corrected chi connectivity index (χ0v) is 33.1. The second-order valence-corrected chi connectivity index (χ2v) is 16.8. The van der Waals surface area contributed by atoms with Crippen LogP contribution in [-0.4, -0.2) is 95.7 Å². The Morgan fingerprint density at radius 1 is 1.04 bits per heavy atom. The van der Waals surface area contributed by atoms with Gasteiger partial charge in [-0.2, -0.15) is 5.10 Å². The monoisotopic (exact) mass is 808 g/mol. The lowest BCUT2D eigenvalue weighted by atomic mass is 9.90. The Bertz CT molecular complexity index is 1960. The molecule has 2 aliphatic heterocycles. The van der Waals surface area contributed by atoms with Crippen molar-refractivity contribution in [1.29, 1.82) is 0 Å². The van der Waals surface area contributed by atoms with Crippen molar-refractivity contribution in [2.45, 2.75) is 115 Å². The van der Waals surface area contributed by atoms with Gasteiger partial charge in [0.15, 0.2) is 0 Å². The Kier molecular flexibility index (Phi) is 12.4. The molecule has 0 bridgehead atoms. The largest absolute Gasteiger partial charge is 0.465 e.